The van der Waals surface area contributed by atoms with Gasteiger partial charge in [0.2, 0.25) is 0 Å². The summed E-state index contributed by atoms with van der Waals surface area (Å²) in [6, 6.07) is 16.1. The lowest BCUT2D eigenvalue weighted by Gasteiger charge is -2.37. The van der Waals surface area contributed by atoms with E-state index in [1.54, 1.807) is 0 Å². The van der Waals surface area contributed by atoms with Crippen molar-refractivity contribution in [3.63, 3.8) is 0 Å². The van der Waals surface area contributed by atoms with Crippen molar-refractivity contribution >= 4 is 10.8 Å². The molecule has 0 aliphatic carbocycles. The molecule has 1 aliphatic heterocycles. The van der Waals surface area contributed by atoms with E-state index in [2.05, 4.69) is 68.6 Å². The van der Waals surface area contributed by atoms with Crippen LogP contribution >= 0.6 is 0 Å². The second kappa shape index (κ2) is 5.78. The van der Waals surface area contributed by atoms with E-state index in [1.165, 1.54) is 16.3 Å². The van der Waals surface area contributed by atoms with Crippen LogP contribution in [0.15, 0.2) is 42.5 Å². The summed E-state index contributed by atoms with van der Waals surface area (Å²) in [6.45, 7) is 7.49. The fourth-order valence-corrected chi connectivity index (χ4v) is 3.45. The van der Waals surface area contributed by atoms with Crippen LogP contribution in [-0.2, 0) is 4.74 Å². The van der Waals surface area contributed by atoms with Crippen LogP contribution in [0.1, 0.15) is 45.2 Å². The predicted octanol–water partition coefficient (Wildman–Crippen LogP) is 4.45. The number of ether oxygens (including phenoxy) is 1. The zero-order valence-electron chi connectivity index (χ0n) is 13.2. The van der Waals surface area contributed by atoms with Gasteiger partial charge in [0.15, 0.2) is 0 Å². The van der Waals surface area contributed by atoms with Gasteiger partial charge in [-0.3, -0.25) is 0 Å². The highest BCUT2D eigenvalue weighted by atomic mass is 16.5. The zero-order chi connectivity index (χ0) is 14.9. The van der Waals surface area contributed by atoms with Crippen molar-refractivity contribution in [2.75, 3.05) is 6.61 Å². The number of hydrogen-bond acceptors (Lipinski definition) is 2. The minimum Gasteiger partial charge on any atom is -0.375 e. The molecule has 0 amide bonds. The molecule has 0 spiro atoms. The standard InChI is InChI=1S/C19H25NO/c1-14(20-16-11-12-21-19(2,3)13-16)17-10-6-8-15-7-4-5-9-18(15)17/h4-10,14,16,20H,11-13H2,1-3H3. The SMILES string of the molecule is CC(NC1CCOC(C)(C)C1)c1cccc2ccccc12. The summed E-state index contributed by atoms with van der Waals surface area (Å²) in [6.07, 6.45) is 2.17. The molecule has 21 heavy (non-hydrogen) atoms. The highest BCUT2D eigenvalue weighted by Gasteiger charge is 2.29. The summed E-state index contributed by atoms with van der Waals surface area (Å²) in [4.78, 5) is 0. The molecule has 0 radical (unpaired) electrons. The molecule has 1 N–H and O–H groups in total. The van der Waals surface area contributed by atoms with E-state index in [1.807, 2.05) is 0 Å². The first-order chi connectivity index (χ1) is 10.1. The molecule has 2 atom stereocenters. The van der Waals surface area contributed by atoms with Gasteiger partial charge >= 0.3 is 0 Å². The van der Waals surface area contributed by atoms with Crippen LogP contribution in [-0.4, -0.2) is 18.2 Å². The third-order valence-corrected chi connectivity index (χ3v) is 4.47. The molecule has 1 fully saturated rings. The van der Waals surface area contributed by atoms with E-state index in [0.717, 1.165) is 19.4 Å². The van der Waals surface area contributed by atoms with E-state index >= 15 is 0 Å². The van der Waals surface area contributed by atoms with Gasteiger partial charge in [0.05, 0.1) is 5.60 Å². The minimum atomic E-state index is -0.00556. The lowest BCUT2D eigenvalue weighted by Crippen LogP contribution is -2.44. The molecule has 1 heterocycles. The summed E-state index contributed by atoms with van der Waals surface area (Å²) >= 11 is 0. The number of hydrogen-bond donors (Lipinski definition) is 1. The number of benzene rings is 2. The Morgan fingerprint density at radius 3 is 2.71 bits per heavy atom. The molecule has 3 rings (SSSR count). The van der Waals surface area contributed by atoms with Crippen molar-refractivity contribution in [2.24, 2.45) is 0 Å². The van der Waals surface area contributed by atoms with Gasteiger partial charge in [-0.25, -0.2) is 0 Å². The fourth-order valence-electron chi connectivity index (χ4n) is 3.45. The maximum Gasteiger partial charge on any atom is 0.0641 e. The van der Waals surface area contributed by atoms with E-state index in [4.69, 9.17) is 4.74 Å². The molecule has 2 unspecified atom stereocenters. The molecule has 112 valence electrons. The van der Waals surface area contributed by atoms with Crippen LogP contribution in [0.2, 0.25) is 0 Å². The van der Waals surface area contributed by atoms with Gasteiger partial charge in [-0.2, -0.15) is 0 Å². The summed E-state index contributed by atoms with van der Waals surface area (Å²) < 4.78 is 5.81. The Kier molecular flexibility index (Phi) is 4.01. The van der Waals surface area contributed by atoms with Gasteiger partial charge < -0.3 is 10.1 Å². The molecule has 0 bridgehead atoms. The molecular weight excluding hydrogens is 258 g/mol. The average molecular weight is 283 g/mol. The number of fused-ring (bicyclic) bond motifs is 1. The largest absolute Gasteiger partial charge is 0.375 e. The Morgan fingerprint density at radius 1 is 1.14 bits per heavy atom. The lowest BCUT2D eigenvalue weighted by atomic mass is 9.92. The van der Waals surface area contributed by atoms with Gasteiger partial charge in [0.1, 0.15) is 0 Å². The molecule has 2 nitrogen and oxygen atoms in total. The summed E-state index contributed by atoms with van der Waals surface area (Å²) in [5.74, 6) is 0. The Bertz CT molecular complexity index is 614. The number of nitrogens with one attached hydrogen (secondary N) is 1. The highest BCUT2D eigenvalue weighted by molar-refractivity contribution is 5.86. The van der Waals surface area contributed by atoms with Crippen molar-refractivity contribution in [3.05, 3.63) is 48.0 Å². The third kappa shape index (κ3) is 3.28. The first-order valence-electron chi connectivity index (χ1n) is 7.93. The van der Waals surface area contributed by atoms with Gasteiger partial charge in [0, 0.05) is 18.7 Å². The van der Waals surface area contributed by atoms with E-state index in [9.17, 15) is 0 Å². The van der Waals surface area contributed by atoms with Crippen LogP contribution in [0.25, 0.3) is 10.8 Å². The Hall–Kier alpha value is -1.38. The molecule has 0 aromatic heterocycles. The molecule has 2 aromatic carbocycles. The Labute approximate surface area is 127 Å². The zero-order valence-corrected chi connectivity index (χ0v) is 13.2. The first-order valence-corrected chi connectivity index (χ1v) is 7.93. The van der Waals surface area contributed by atoms with Crippen LogP contribution < -0.4 is 5.32 Å². The molecule has 2 aromatic rings. The van der Waals surface area contributed by atoms with Crippen molar-refractivity contribution < 1.29 is 4.74 Å². The van der Waals surface area contributed by atoms with Gasteiger partial charge in [0.25, 0.3) is 0 Å². The topological polar surface area (TPSA) is 21.3 Å². The van der Waals surface area contributed by atoms with Crippen molar-refractivity contribution in [2.45, 2.75) is 51.3 Å². The Morgan fingerprint density at radius 2 is 1.90 bits per heavy atom. The minimum absolute atomic E-state index is 0.00556. The molecule has 1 saturated heterocycles. The maximum atomic E-state index is 5.81. The van der Waals surface area contributed by atoms with Crippen molar-refractivity contribution in [1.29, 1.82) is 0 Å². The predicted molar refractivity (Wildman–Crippen MR) is 88.6 cm³/mol. The van der Waals surface area contributed by atoms with Crippen LogP contribution in [0, 0.1) is 0 Å². The fraction of sp³-hybridized carbons (Fsp3) is 0.474. The third-order valence-electron chi connectivity index (χ3n) is 4.47. The maximum absolute atomic E-state index is 5.81. The second-order valence-corrected chi connectivity index (χ2v) is 6.75. The second-order valence-electron chi connectivity index (χ2n) is 6.75. The molecule has 1 aliphatic rings. The monoisotopic (exact) mass is 283 g/mol. The van der Waals surface area contributed by atoms with Crippen LogP contribution in [0.5, 0.6) is 0 Å². The molecule has 2 heteroatoms. The van der Waals surface area contributed by atoms with E-state index in [0.29, 0.717) is 12.1 Å². The van der Waals surface area contributed by atoms with Crippen molar-refractivity contribution in [3.8, 4) is 0 Å². The van der Waals surface area contributed by atoms with Crippen LogP contribution in [0.3, 0.4) is 0 Å². The van der Waals surface area contributed by atoms with Gasteiger partial charge in [-0.1, -0.05) is 42.5 Å². The summed E-state index contributed by atoms with van der Waals surface area (Å²) in [5, 5.41) is 6.47. The quantitative estimate of drug-likeness (QED) is 0.898. The summed E-state index contributed by atoms with van der Waals surface area (Å²) in [5.41, 5.74) is 1.38. The lowest BCUT2D eigenvalue weighted by molar-refractivity contribution is -0.0639. The van der Waals surface area contributed by atoms with E-state index < -0.39 is 0 Å². The highest BCUT2D eigenvalue weighted by Crippen LogP contribution is 2.28. The molecular formula is C19H25NO. The smallest absolute Gasteiger partial charge is 0.0641 e. The van der Waals surface area contributed by atoms with Crippen molar-refractivity contribution in [1.82, 2.24) is 5.32 Å². The molecule has 0 saturated carbocycles. The van der Waals surface area contributed by atoms with Gasteiger partial charge in [-0.15, -0.1) is 0 Å². The van der Waals surface area contributed by atoms with E-state index in [-0.39, 0.29) is 5.60 Å². The Balaban J connectivity index is 1.79. The van der Waals surface area contributed by atoms with Gasteiger partial charge in [-0.05, 0) is 49.9 Å². The van der Waals surface area contributed by atoms with Crippen LogP contribution in [0.4, 0.5) is 0 Å². The average Bonchev–Trinajstić information content (AvgIpc) is 2.45. The summed E-state index contributed by atoms with van der Waals surface area (Å²) in [7, 11) is 0. The number of rotatable bonds is 3. The first kappa shape index (κ1) is 14.6. The normalized spacial score (nSPS) is 23.1.